The van der Waals surface area contributed by atoms with Crippen molar-refractivity contribution in [1.29, 1.82) is 0 Å². The fraction of sp³-hybridized carbons (Fsp3) is 0.647. The zero-order valence-corrected chi connectivity index (χ0v) is 16.3. The molecule has 0 unspecified atom stereocenters. The molecule has 1 saturated heterocycles. The van der Waals surface area contributed by atoms with Gasteiger partial charge < -0.3 is 20.1 Å². The number of aryl methyl sites for hydroxylation is 1. The second-order valence-corrected chi connectivity index (χ2v) is 7.50. The van der Waals surface area contributed by atoms with Crippen LogP contribution in [0.1, 0.15) is 56.7 Å². The van der Waals surface area contributed by atoms with E-state index >= 15 is 0 Å². The Kier molecular flexibility index (Phi) is 6.28. The predicted octanol–water partition coefficient (Wildman–Crippen LogP) is 2.57. The highest BCUT2D eigenvalue weighted by Gasteiger charge is 2.29. The van der Waals surface area contributed by atoms with Crippen molar-refractivity contribution in [2.75, 3.05) is 13.1 Å². The summed E-state index contributed by atoms with van der Waals surface area (Å²) in [6.45, 7) is 8.34. The van der Waals surface area contributed by atoms with E-state index in [2.05, 4.69) is 9.97 Å². The standard InChI is InChI=1S/C17H25ClN4O4/c1-5-11-15(21-13(18)12(20-11)14(19)23)25-10-7-6-8-22(9-10)16(24)26-17(2,3)4/h10H,5-9H2,1-4H3,(H2,19,23)/t10-/m1/s1. The van der Waals surface area contributed by atoms with Crippen LogP contribution in [0.3, 0.4) is 0 Å². The number of primary amides is 1. The molecule has 0 radical (unpaired) electrons. The molecular weight excluding hydrogens is 360 g/mol. The summed E-state index contributed by atoms with van der Waals surface area (Å²) in [5.41, 5.74) is 5.12. The maximum atomic E-state index is 12.3. The van der Waals surface area contributed by atoms with Gasteiger partial charge in [0.05, 0.1) is 6.54 Å². The topological polar surface area (TPSA) is 108 Å². The minimum Gasteiger partial charge on any atom is -0.471 e. The van der Waals surface area contributed by atoms with Gasteiger partial charge >= 0.3 is 6.09 Å². The van der Waals surface area contributed by atoms with Crippen molar-refractivity contribution >= 4 is 23.6 Å². The van der Waals surface area contributed by atoms with Crippen molar-refractivity contribution < 1.29 is 19.1 Å². The fourth-order valence-corrected chi connectivity index (χ4v) is 2.81. The molecule has 1 aliphatic rings. The summed E-state index contributed by atoms with van der Waals surface area (Å²) in [6, 6.07) is 0. The van der Waals surface area contributed by atoms with Crippen molar-refractivity contribution in [3.8, 4) is 5.88 Å². The Hall–Kier alpha value is -2.09. The fourth-order valence-electron chi connectivity index (χ4n) is 2.60. The molecule has 1 fully saturated rings. The van der Waals surface area contributed by atoms with Crippen LogP contribution in [-0.4, -0.2) is 51.7 Å². The van der Waals surface area contributed by atoms with E-state index in [9.17, 15) is 9.59 Å². The lowest BCUT2D eigenvalue weighted by molar-refractivity contribution is 0.00704. The highest BCUT2D eigenvalue weighted by molar-refractivity contribution is 6.32. The van der Waals surface area contributed by atoms with E-state index in [-0.39, 0.29) is 28.9 Å². The Morgan fingerprint density at radius 2 is 2.04 bits per heavy atom. The van der Waals surface area contributed by atoms with Gasteiger partial charge in [0, 0.05) is 6.54 Å². The van der Waals surface area contributed by atoms with E-state index in [1.54, 1.807) is 4.90 Å². The van der Waals surface area contributed by atoms with Gasteiger partial charge in [0.15, 0.2) is 10.8 Å². The van der Waals surface area contributed by atoms with E-state index in [0.717, 1.165) is 12.8 Å². The Bertz CT molecular complexity index is 690. The molecule has 0 aromatic carbocycles. The third kappa shape index (κ3) is 5.20. The molecule has 0 bridgehead atoms. The molecule has 144 valence electrons. The molecule has 2 rings (SSSR count). The van der Waals surface area contributed by atoms with Crippen LogP contribution in [0.2, 0.25) is 5.15 Å². The van der Waals surface area contributed by atoms with Crippen molar-refractivity contribution in [1.82, 2.24) is 14.9 Å². The maximum Gasteiger partial charge on any atom is 0.410 e. The number of nitrogens with two attached hydrogens (primary N) is 1. The number of carbonyl (C=O) groups excluding carboxylic acids is 2. The number of hydrogen-bond donors (Lipinski definition) is 1. The normalized spacial score (nSPS) is 17.7. The third-order valence-corrected chi connectivity index (χ3v) is 4.03. The summed E-state index contributed by atoms with van der Waals surface area (Å²) in [4.78, 5) is 33.5. The first-order valence-electron chi connectivity index (χ1n) is 8.61. The first-order chi connectivity index (χ1) is 12.1. The van der Waals surface area contributed by atoms with E-state index in [4.69, 9.17) is 26.8 Å². The zero-order valence-electron chi connectivity index (χ0n) is 15.5. The number of aromatic nitrogens is 2. The number of rotatable bonds is 4. The highest BCUT2D eigenvalue weighted by atomic mass is 35.5. The average Bonchev–Trinajstić information content (AvgIpc) is 2.53. The number of amides is 2. The molecule has 0 saturated carbocycles. The van der Waals surface area contributed by atoms with Crippen LogP contribution in [-0.2, 0) is 11.2 Å². The summed E-state index contributed by atoms with van der Waals surface area (Å²) in [5.74, 6) is -0.476. The zero-order chi connectivity index (χ0) is 19.5. The van der Waals surface area contributed by atoms with E-state index in [1.807, 2.05) is 27.7 Å². The quantitative estimate of drug-likeness (QED) is 0.854. The monoisotopic (exact) mass is 384 g/mol. The average molecular weight is 385 g/mol. The summed E-state index contributed by atoms with van der Waals surface area (Å²) >= 11 is 5.98. The first kappa shape index (κ1) is 20.2. The lowest BCUT2D eigenvalue weighted by Crippen LogP contribution is -2.46. The molecule has 1 atom stereocenters. The number of likely N-dealkylation sites (tertiary alicyclic amines) is 1. The van der Waals surface area contributed by atoms with Gasteiger partial charge in [0.25, 0.3) is 5.91 Å². The van der Waals surface area contributed by atoms with Gasteiger partial charge in [-0.2, -0.15) is 4.98 Å². The van der Waals surface area contributed by atoms with Crippen LogP contribution in [0.15, 0.2) is 0 Å². The molecule has 1 aromatic rings. The lowest BCUT2D eigenvalue weighted by atomic mass is 10.1. The number of hydrogen-bond acceptors (Lipinski definition) is 6. The van der Waals surface area contributed by atoms with Crippen molar-refractivity contribution in [3.63, 3.8) is 0 Å². The van der Waals surface area contributed by atoms with Crippen molar-refractivity contribution in [2.24, 2.45) is 5.73 Å². The molecule has 2 heterocycles. The minimum absolute atomic E-state index is 0.0742. The van der Waals surface area contributed by atoms with Crippen LogP contribution >= 0.6 is 11.6 Å². The van der Waals surface area contributed by atoms with Crippen LogP contribution in [0.5, 0.6) is 5.88 Å². The van der Waals surface area contributed by atoms with E-state index in [0.29, 0.717) is 25.2 Å². The number of nitrogens with zero attached hydrogens (tertiary/aromatic N) is 3. The number of ether oxygens (including phenoxy) is 2. The van der Waals surface area contributed by atoms with Gasteiger partial charge in [-0.1, -0.05) is 18.5 Å². The SMILES string of the molecule is CCc1nc(C(N)=O)c(Cl)nc1O[C@@H]1CCCN(C(=O)OC(C)(C)C)C1. The lowest BCUT2D eigenvalue weighted by Gasteiger charge is -2.34. The Morgan fingerprint density at radius 3 is 2.62 bits per heavy atom. The molecule has 8 nitrogen and oxygen atoms in total. The molecule has 2 N–H and O–H groups in total. The number of halogens is 1. The van der Waals surface area contributed by atoms with Gasteiger partial charge in [-0.3, -0.25) is 4.79 Å². The largest absolute Gasteiger partial charge is 0.471 e. The second-order valence-electron chi connectivity index (χ2n) is 7.14. The smallest absolute Gasteiger partial charge is 0.410 e. The number of carbonyl (C=O) groups is 2. The van der Waals surface area contributed by atoms with Crippen LogP contribution < -0.4 is 10.5 Å². The summed E-state index contributed by atoms with van der Waals surface area (Å²) in [5, 5.41) is -0.0930. The highest BCUT2D eigenvalue weighted by Crippen LogP contribution is 2.24. The summed E-state index contributed by atoms with van der Waals surface area (Å²) in [7, 11) is 0. The molecule has 0 aliphatic carbocycles. The first-order valence-corrected chi connectivity index (χ1v) is 8.99. The Labute approximate surface area is 158 Å². The Balaban J connectivity index is 2.12. The molecule has 0 spiro atoms. The van der Waals surface area contributed by atoms with Crippen LogP contribution in [0.4, 0.5) is 4.79 Å². The maximum absolute atomic E-state index is 12.3. The number of piperidine rings is 1. The molecule has 2 amide bonds. The molecule has 9 heteroatoms. The van der Waals surface area contributed by atoms with Gasteiger partial charge in [0.2, 0.25) is 5.88 Å². The van der Waals surface area contributed by atoms with Crippen molar-refractivity contribution in [2.45, 2.75) is 58.7 Å². The predicted molar refractivity (Wildman–Crippen MR) is 96.4 cm³/mol. The molecule has 1 aromatic heterocycles. The van der Waals surface area contributed by atoms with E-state index < -0.39 is 11.5 Å². The van der Waals surface area contributed by atoms with Gasteiger partial charge in [-0.15, -0.1) is 0 Å². The van der Waals surface area contributed by atoms with Gasteiger partial charge in [0.1, 0.15) is 17.4 Å². The Morgan fingerprint density at radius 1 is 1.35 bits per heavy atom. The van der Waals surface area contributed by atoms with E-state index in [1.165, 1.54) is 0 Å². The van der Waals surface area contributed by atoms with Gasteiger partial charge in [-0.05, 0) is 40.0 Å². The van der Waals surface area contributed by atoms with Crippen LogP contribution in [0.25, 0.3) is 0 Å². The summed E-state index contributed by atoms with van der Waals surface area (Å²) in [6.07, 6.45) is 1.43. The molecular formula is C17H25ClN4O4. The van der Waals surface area contributed by atoms with Crippen LogP contribution in [0, 0.1) is 0 Å². The second kappa shape index (κ2) is 8.07. The molecule has 1 aliphatic heterocycles. The summed E-state index contributed by atoms with van der Waals surface area (Å²) < 4.78 is 11.4. The minimum atomic E-state index is -0.738. The van der Waals surface area contributed by atoms with Gasteiger partial charge in [-0.25, -0.2) is 9.78 Å². The third-order valence-electron chi connectivity index (χ3n) is 3.77. The molecule has 26 heavy (non-hydrogen) atoms. The van der Waals surface area contributed by atoms with Crippen molar-refractivity contribution in [3.05, 3.63) is 16.5 Å².